The Morgan fingerprint density at radius 1 is 1.53 bits per heavy atom. The summed E-state index contributed by atoms with van der Waals surface area (Å²) in [6.45, 7) is 5.03. The first-order valence-electron chi connectivity index (χ1n) is 5.66. The first-order valence-corrected chi connectivity index (χ1v) is 6.07. The van der Waals surface area contributed by atoms with Crippen molar-refractivity contribution in [3.8, 4) is 0 Å². The Morgan fingerprint density at radius 3 is 2.65 bits per heavy atom. The zero-order valence-corrected chi connectivity index (χ0v) is 11.4. The molecule has 0 radical (unpaired) electrons. The largest absolute Gasteiger partial charge is 0.395 e. The molecule has 0 saturated heterocycles. The standard InChI is InChI=1S/C13H20N2OS/c1-9-6-11(13(14)17)4-5-12(9)7-15(3)10(2)8-16/h4-6,10,16H,7-8H2,1-3H3,(H2,14,17). The van der Waals surface area contributed by atoms with Crippen LogP contribution in [0.4, 0.5) is 0 Å². The lowest BCUT2D eigenvalue weighted by Gasteiger charge is -2.23. The maximum absolute atomic E-state index is 9.09. The topological polar surface area (TPSA) is 49.5 Å². The molecule has 0 aliphatic rings. The predicted octanol–water partition coefficient (Wildman–Crippen LogP) is 1.44. The van der Waals surface area contributed by atoms with Crippen molar-refractivity contribution in [1.29, 1.82) is 0 Å². The van der Waals surface area contributed by atoms with E-state index >= 15 is 0 Å². The van der Waals surface area contributed by atoms with Crippen molar-refractivity contribution < 1.29 is 5.11 Å². The fraction of sp³-hybridized carbons (Fsp3) is 0.462. The fourth-order valence-corrected chi connectivity index (χ4v) is 1.72. The third-order valence-corrected chi connectivity index (χ3v) is 3.30. The van der Waals surface area contributed by atoms with Gasteiger partial charge < -0.3 is 10.8 Å². The van der Waals surface area contributed by atoms with Crippen LogP contribution in [-0.2, 0) is 6.54 Å². The third-order valence-electron chi connectivity index (χ3n) is 3.06. The number of aryl methyl sites for hydroxylation is 1. The molecule has 1 rings (SSSR count). The van der Waals surface area contributed by atoms with Crippen molar-refractivity contribution in [1.82, 2.24) is 4.90 Å². The van der Waals surface area contributed by atoms with Crippen molar-refractivity contribution in [2.75, 3.05) is 13.7 Å². The van der Waals surface area contributed by atoms with Gasteiger partial charge in [0.25, 0.3) is 0 Å². The maximum atomic E-state index is 9.09. The van der Waals surface area contributed by atoms with E-state index in [4.69, 9.17) is 23.1 Å². The van der Waals surface area contributed by atoms with E-state index in [1.165, 1.54) is 11.1 Å². The van der Waals surface area contributed by atoms with E-state index < -0.39 is 0 Å². The highest BCUT2D eigenvalue weighted by Gasteiger charge is 2.10. The van der Waals surface area contributed by atoms with Crippen molar-refractivity contribution in [2.24, 2.45) is 5.73 Å². The van der Waals surface area contributed by atoms with Crippen LogP contribution in [0.2, 0.25) is 0 Å². The summed E-state index contributed by atoms with van der Waals surface area (Å²) < 4.78 is 0. The minimum absolute atomic E-state index is 0.157. The van der Waals surface area contributed by atoms with E-state index in [9.17, 15) is 0 Å². The lowest BCUT2D eigenvalue weighted by molar-refractivity contribution is 0.154. The second-order valence-electron chi connectivity index (χ2n) is 4.45. The molecule has 0 aliphatic heterocycles. The molecule has 1 aromatic carbocycles. The SMILES string of the molecule is Cc1cc(C(N)=S)ccc1CN(C)C(C)CO. The number of nitrogens with two attached hydrogens (primary N) is 1. The van der Waals surface area contributed by atoms with Crippen LogP contribution in [0.5, 0.6) is 0 Å². The molecule has 1 atom stereocenters. The Morgan fingerprint density at radius 2 is 2.18 bits per heavy atom. The molecule has 17 heavy (non-hydrogen) atoms. The van der Waals surface area contributed by atoms with Crippen LogP contribution in [0.25, 0.3) is 0 Å². The van der Waals surface area contributed by atoms with Crippen LogP contribution in [-0.4, -0.2) is 34.7 Å². The summed E-state index contributed by atoms with van der Waals surface area (Å²) in [5, 5.41) is 9.09. The van der Waals surface area contributed by atoms with Gasteiger partial charge in [-0.25, -0.2) is 0 Å². The molecule has 0 heterocycles. The maximum Gasteiger partial charge on any atom is 0.103 e. The van der Waals surface area contributed by atoms with Gasteiger partial charge in [-0.3, -0.25) is 4.90 Å². The Labute approximate surface area is 108 Å². The van der Waals surface area contributed by atoms with Crippen LogP contribution < -0.4 is 5.73 Å². The second kappa shape index (κ2) is 6.10. The van der Waals surface area contributed by atoms with Gasteiger partial charge >= 0.3 is 0 Å². The van der Waals surface area contributed by atoms with Gasteiger partial charge in [-0.2, -0.15) is 0 Å². The smallest absolute Gasteiger partial charge is 0.103 e. The highest BCUT2D eigenvalue weighted by molar-refractivity contribution is 7.80. The van der Waals surface area contributed by atoms with Crippen molar-refractivity contribution in [2.45, 2.75) is 26.4 Å². The summed E-state index contributed by atoms with van der Waals surface area (Å²) >= 11 is 4.95. The number of aliphatic hydroxyl groups is 1. The number of benzene rings is 1. The van der Waals surface area contributed by atoms with E-state index in [1.807, 2.05) is 32.2 Å². The molecule has 94 valence electrons. The van der Waals surface area contributed by atoms with Crippen molar-refractivity contribution in [3.05, 3.63) is 34.9 Å². The number of hydrogen-bond acceptors (Lipinski definition) is 3. The Hall–Kier alpha value is -0.970. The number of aliphatic hydroxyl groups excluding tert-OH is 1. The number of likely N-dealkylation sites (N-methyl/N-ethyl adjacent to an activating group) is 1. The lowest BCUT2D eigenvalue weighted by atomic mass is 10.0. The normalized spacial score (nSPS) is 12.8. The van der Waals surface area contributed by atoms with E-state index in [0.29, 0.717) is 4.99 Å². The fourth-order valence-electron chi connectivity index (χ4n) is 1.59. The van der Waals surface area contributed by atoms with Crippen LogP contribution >= 0.6 is 12.2 Å². The molecule has 0 spiro atoms. The van der Waals surface area contributed by atoms with Crippen molar-refractivity contribution >= 4 is 17.2 Å². The Kier molecular flexibility index (Phi) is 5.05. The molecule has 4 heteroatoms. The lowest BCUT2D eigenvalue weighted by Crippen LogP contribution is -2.31. The highest BCUT2D eigenvalue weighted by atomic mass is 32.1. The van der Waals surface area contributed by atoms with Gasteiger partial charge in [-0.15, -0.1) is 0 Å². The quantitative estimate of drug-likeness (QED) is 0.779. The van der Waals surface area contributed by atoms with Crippen LogP contribution in [0.1, 0.15) is 23.6 Å². The average molecular weight is 252 g/mol. The summed E-state index contributed by atoms with van der Waals surface area (Å²) in [6, 6.07) is 6.16. The molecule has 0 aliphatic carbocycles. The molecule has 1 aromatic rings. The van der Waals surface area contributed by atoms with Crippen LogP contribution in [0.15, 0.2) is 18.2 Å². The summed E-state index contributed by atoms with van der Waals surface area (Å²) in [5.74, 6) is 0. The summed E-state index contributed by atoms with van der Waals surface area (Å²) in [5.41, 5.74) is 8.90. The molecule has 0 amide bonds. The zero-order chi connectivity index (χ0) is 13.0. The first kappa shape index (κ1) is 14.1. The average Bonchev–Trinajstić information content (AvgIpc) is 2.30. The Bertz CT molecular complexity index is 406. The van der Waals surface area contributed by atoms with Crippen LogP contribution in [0.3, 0.4) is 0 Å². The zero-order valence-electron chi connectivity index (χ0n) is 10.6. The third kappa shape index (κ3) is 3.77. The predicted molar refractivity (Wildman–Crippen MR) is 75.1 cm³/mol. The van der Waals surface area contributed by atoms with E-state index in [2.05, 4.69) is 11.8 Å². The van der Waals surface area contributed by atoms with E-state index in [0.717, 1.165) is 12.1 Å². The van der Waals surface area contributed by atoms with Gasteiger partial charge in [-0.05, 0) is 38.1 Å². The molecular weight excluding hydrogens is 232 g/mol. The Balaban J connectivity index is 2.82. The molecule has 0 bridgehead atoms. The van der Waals surface area contributed by atoms with Gasteiger partial charge in [0.05, 0.1) is 6.61 Å². The number of nitrogens with zero attached hydrogens (tertiary/aromatic N) is 1. The number of rotatable bonds is 5. The molecule has 1 unspecified atom stereocenters. The first-order chi connectivity index (χ1) is 7.95. The van der Waals surface area contributed by atoms with Gasteiger partial charge in [0.15, 0.2) is 0 Å². The summed E-state index contributed by atoms with van der Waals surface area (Å²) in [4.78, 5) is 2.54. The highest BCUT2D eigenvalue weighted by Crippen LogP contribution is 2.14. The second-order valence-corrected chi connectivity index (χ2v) is 4.89. The molecule has 0 fully saturated rings. The van der Waals surface area contributed by atoms with E-state index in [1.54, 1.807) is 0 Å². The minimum atomic E-state index is 0.157. The molecule has 3 nitrogen and oxygen atoms in total. The van der Waals surface area contributed by atoms with Gasteiger partial charge in [-0.1, -0.05) is 24.4 Å². The molecule has 0 aromatic heterocycles. The molecule has 3 N–H and O–H groups in total. The van der Waals surface area contributed by atoms with E-state index in [-0.39, 0.29) is 12.6 Å². The summed E-state index contributed by atoms with van der Waals surface area (Å²) in [7, 11) is 2.00. The molecule has 0 saturated carbocycles. The minimum Gasteiger partial charge on any atom is -0.395 e. The molecular formula is C13H20N2OS. The summed E-state index contributed by atoms with van der Waals surface area (Å²) in [6.07, 6.45) is 0. The van der Waals surface area contributed by atoms with Gasteiger partial charge in [0, 0.05) is 18.2 Å². The number of thiocarbonyl (C=S) groups is 1. The number of hydrogen-bond donors (Lipinski definition) is 2. The van der Waals surface area contributed by atoms with Crippen LogP contribution in [0, 0.1) is 6.92 Å². The monoisotopic (exact) mass is 252 g/mol. The van der Waals surface area contributed by atoms with Crippen molar-refractivity contribution in [3.63, 3.8) is 0 Å². The van der Waals surface area contributed by atoms with Gasteiger partial charge in [0.2, 0.25) is 0 Å². The van der Waals surface area contributed by atoms with Gasteiger partial charge in [0.1, 0.15) is 4.99 Å².